The van der Waals surface area contributed by atoms with Gasteiger partial charge < -0.3 is 10.4 Å². The van der Waals surface area contributed by atoms with Crippen molar-refractivity contribution in [2.24, 2.45) is 7.05 Å². The van der Waals surface area contributed by atoms with Gasteiger partial charge in [0.1, 0.15) is 12.1 Å². The largest absolute Gasteiger partial charge is 0.479 e. The fourth-order valence-electron chi connectivity index (χ4n) is 2.08. The minimum atomic E-state index is -1.27. The lowest BCUT2D eigenvalue weighted by atomic mass is 9.99. The Hall–Kier alpha value is -2.03. The van der Waals surface area contributed by atoms with Gasteiger partial charge in [0, 0.05) is 25.1 Å². The van der Waals surface area contributed by atoms with Crippen LogP contribution in [0.2, 0.25) is 0 Å². The lowest BCUT2D eigenvalue weighted by Gasteiger charge is -2.24. The Morgan fingerprint density at radius 2 is 2.19 bits per heavy atom. The van der Waals surface area contributed by atoms with E-state index in [2.05, 4.69) is 5.32 Å². The number of carbonyl (C=O) groups excluding carboxylic acids is 1. The summed E-state index contributed by atoms with van der Waals surface area (Å²) in [6.45, 7) is -0.327. The normalized spacial score (nSPS) is 21.2. The van der Waals surface area contributed by atoms with E-state index in [0.717, 1.165) is 9.13 Å². The van der Waals surface area contributed by atoms with Gasteiger partial charge in [-0.2, -0.15) is 11.8 Å². The molecule has 0 bridgehead atoms. The summed E-state index contributed by atoms with van der Waals surface area (Å²) in [5.74, 6) is -0.683. The molecule has 1 aliphatic rings. The molecule has 21 heavy (non-hydrogen) atoms. The third-order valence-corrected chi connectivity index (χ3v) is 4.57. The van der Waals surface area contributed by atoms with Crippen LogP contribution >= 0.6 is 11.8 Å². The SMILES string of the molecule is Cn1c(=O)ccn(CC(=O)NC2(C(=O)O)CCSC2)c1=O. The minimum absolute atomic E-state index is 0.302. The van der Waals surface area contributed by atoms with Crippen molar-refractivity contribution in [3.8, 4) is 0 Å². The zero-order chi connectivity index (χ0) is 15.6. The number of aliphatic carboxylic acids is 1. The number of rotatable bonds is 4. The molecule has 0 spiro atoms. The minimum Gasteiger partial charge on any atom is -0.479 e. The van der Waals surface area contributed by atoms with Gasteiger partial charge in [-0.05, 0) is 12.2 Å². The summed E-state index contributed by atoms with van der Waals surface area (Å²) in [6.07, 6.45) is 1.57. The van der Waals surface area contributed by atoms with E-state index in [1.165, 1.54) is 31.1 Å². The van der Waals surface area contributed by atoms with Crippen molar-refractivity contribution < 1.29 is 14.7 Å². The Kier molecular flexibility index (Phi) is 4.21. The standard InChI is InChI=1S/C12H15N3O5S/c1-14-9(17)2-4-15(11(14)20)6-8(16)13-12(10(18)19)3-5-21-7-12/h2,4H,3,5-7H2,1H3,(H,13,16)(H,18,19). The molecule has 8 nitrogen and oxygen atoms in total. The van der Waals surface area contributed by atoms with Crippen molar-refractivity contribution in [1.82, 2.24) is 14.5 Å². The van der Waals surface area contributed by atoms with Gasteiger partial charge in [-0.15, -0.1) is 0 Å². The third-order valence-electron chi connectivity index (χ3n) is 3.38. The Morgan fingerprint density at radius 1 is 1.48 bits per heavy atom. The van der Waals surface area contributed by atoms with Crippen LogP contribution in [0.3, 0.4) is 0 Å². The van der Waals surface area contributed by atoms with Gasteiger partial charge in [0.25, 0.3) is 5.56 Å². The van der Waals surface area contributed by atoms with E-state index < -0.39 is 28.7 Å². The van der Waals surface area contributed by atoms with Crippen molar-refractivity contribution in [3.05, 3.63) is 33.1 Å². The average molecular weight is 313 g/mol. The second-order valence-electron chi connectivity index (χ2n) is 4.86. The molecule has 0 aliphatic carbocycles. The highest BCUT2D eigenvalue weighted by Crippen LogP contribution is 2.28. The van der Waals surface area contributed by atoms with Gasteiger partial charge >= 0.3 is 11.7 Å². The molecule has 1 unspecified atom stereocenters. The Labute approximate surface area is 123 Å². The lowest BCUT2D eigenvalue weighted by Crippen LogP contribution is -2.56. The van der Waals surface area contributed by atoms with Crippen molar-refractivity contribution in [1.29, 1.82) is 0 Å². The van der Waals surface area contributed by atoms with E-state index >= 15 is 0 Å². The monoisotopic (exact) mass is 313 g/mol. The second kappa shape index (κ2) is 5.76. The topological polar surface area (TPSA) is 110 Å². The Bertz CT molecular complexity index is 687. The summed E-state index contributed by atoms with van der Waals surface area (Å²) in [4.78, 5) is 46.4. The smallest absolute Gasteiger partial charge is 0.331 e. The van der Waals surface area contributed by atoms with Crippen LogP contribution < -0.4 is 16.6 Å². The molecule has 1 fully saturated rings. The summed E-state index contributed by atoms with van der Waals surface area (Å²) in [6, 6.07) is 1.17. The van der Waals surface area contributed by atoms with E-state index in [4.69, 9.17) is 0 Å². The van der Waals surface area contributed by atoms with Crippen LogP contribution in [-0.4, -0.2) is 43.2 Å². The first-order chi connectivity index (χ1) is 9.85. The van der Waals surface area contributed by atoms with E-state index in [0.29, 0.717) is 17.9 Å². The molecule has 1 aromatic heterocycles. The lowest BCUT2D eigenvalue weighted by molar-refractivity contribution is -0.146. The summed E-state index contributed by atoms with van der Waals surface area (Å²) in [5.41, 5.74) is -2.36. The van der Waals surface area contributed by atoms with Gasteiger partial charge in [0.2, 0.25) is 5.91 Å². The molecule has 1 aromatic rings. The van der Waals surface area contributed by atoms with Gasteiger partial charge in [-0.3, -0.25) is 18.7 Å². The van der Waals surface area contributed by atoms with Crippen molar-refractivity contribution in [2.45, 2.75) is 18.5 Å². The number of amides is 1. The zero-order valence-electron chi connectivity index (χ0n) is 11.4. The third kappa shape index (κ3) is 3.02. The highest BCUT2D eigenvalue weighted by atomic mass is 32.2. The predicted molar refractivity (Wildman–Crippen MR) is 76.4 cm³/mol. The fraction of sp³-hybridized carbons (Fsp3) is 0.500. The molecule has 0 radical (unpaired) electrons. The number of nitrogens with zero attached hydrogens (tertiary/aromatic N) is 2. The summed E-state index contributed by atoms with van der Waals surface area (Å²) in [5, 5.41) is 11.8. The molecule has 2 heterocycles. The highest BCUT2D eigenvalue weighted by molar-refractivity contribution is 7.99. The van der Waals surface area contributed by atoms with E-state index in [1.807, 2.05) is 0 Å². The molecular formula is C12H15N3O5S. The van der Waals surface area contributed by atoms with Crippen molar-refractivity contribution in [3.63, 3.8) is 0 Å². The molecule has 0 saturated carbocycles. The number of carbonyl (C=O) groups is 2. The van der Waals surface area contributed by atoms with Gasteiger partial charge in [0.05, 0.1) is 0 Å². The Morgan fingerprint density at radius 3 is 2.76 bits per heavy atom. The number of nitrogens with one attached hydrogen (secondary N) is 1. The molecular weight excluding hydrogens is 298 g/mol. The maximum atomic E-state index is 12.0. The summed E-state index contributed by atoms with van der Waals surface area (Å²) in [7, 11) is 1.31. The number of carboxylic acids is 1. The maximum Gasteiger partial charge on any atom is 0.331 e. The first kappa shape index (κ1) is 15.4. The quantitative estimate of drug-likeness (QED) is 0.709. The number of carboxylic acid groups (broad SMARTS) is 1. The van der Waals surface area contributed by atoms with Crippen LogP contribution in [0.1, 0.15) is 6.42 Å². The number of aromatic nitrogens is 2. The number of thioether (sulfide) groups is 1. The number of hydrogen-bond donors (Lipinski definition) is 2. The van der Waals surface area contributed by atoms with Crippen molar-refractivity contribution in [2.75, 3.05) is 11.5 Å². The molecule has 0 aromatic carbocycles. The molecule has 1 saturated heterocycles. The van der Waals surface area contributed by atoms with Gasteiger partial charge in [-0.1, -0.05) is 0 Å². The average Bonchev–Trinajstić information content (AvgIpc) is 2.89. The summed E-state index contributed by atoms with van der Waals surface area (Å²) < 4.78 is 1.94. The van der Waals surface area contributed by atoms with E-state index in [1.54, 1.807) is 0 Å². The van der Waals surface area contributed by atoms with Crippen LogP contribution in [0.5, 0.6) is 0 Å². The first-order valence-corrected chi connectivity index (χ1v) is 7.40. The zero-order valence-corrected chi connectivity index (χ0v) is 12.2. The van der Waals surface area contributed by atoms with Gasteiger partial charge in [-0.25, -0.2) is 9.59 Å². The highest BCUT2D eigenvalue weighted by Gasteiger charge is 2.43. The van der Waals surface area contributed by atoms with Crippen LogP contribution in [0.15, 0.2) is 21.9 Å². The molecule has 1 atom stereocenters. The Balaban J connectivity index is 2.16. The molecule has 9 heteroatoms. The first-order valence-electron chi connectivity index (χ1n) is 6.24. The number of hydrogen-bond acceptors (Lipinski definition) is 5. The molecule has 114 valence electrons. The molecule has 2 N–H and O–H groups in total. The molecule has 2 rings (SSSR count). The maximum absolute atomic E-state index is 12.0. The van der Waals surface area contributed by atoms with Crippen LogP contribution in [-0.2, 0) is 23.2 Å². The van der Waals surface area contributed by atoms with E-state index in [-0.39, 0.29) is 6.54 Å². The van der Waals surface area contributed by atoms with Crippen LogP contribution in [0, 0.1) is 0 Å². The second-order valence-corrected chi connectivity index (χ2v) is 5.97. The molecule has 1 aliphatic heterocycles. The van der Waals surface area contributed by atoms with Gasteiger partial charge in [0.15, 0.2) is 0 Å². The predicted octanol–water partition coefficient (Wildman–Crippen LogP) is -1.38. The summed E-state index contributed by atoms with van der Waals surface area (Å²) >= 11 is 1.46. The van der Waals surface area contributed by atoms with Crippen LogP contribution in [0.4, 0.5) is 0 Å². The molecule has 1 amide bonds. The van der Waals surface area contributed by atoms with Crippen molar-refractivity contribution >= 4 is 23.6 Å². The van der Waals surface area contributed by atoms with Crippen LogP contribution in [0.25, 0.3) is 0 Å². The fourth-order valence-corrected chi connectivity index (χ4v) is 3.41. The van der Waals surface area contributed by atoms with E-state index in [9.17, 15) is 24.3 Å².